The zero-order valence-corrected chi connectivity index (χ0v) is 14.3. The van der Waals surface area contributed by atoms with Crippen LogP contribution in [0.2, 0.25) is 0 Å². The van der Waals surface area contributed by atoms with Crippen LogP contribution in [0, 0.1) is 0 Å². The molecule has 0 aliphatic heterocycles. The van der Waals surface area contributed by atoms with Gasteiger partial charge in [-0.3, -0.25) is 9.59 Å². The number of nitrogens with zero attached hydrogens (tertiary/aromatic N) is 2. The Hall–Kier alpha value is -2.14. The Morgan fingerprint density at radius 2 is 1.27 bits per heavy atom. The lowest BCUT2D eigenvalue weighted by Gasteiger charge is -2.20. The van der Waals surface area contributed by atoms with Gasteiger partial charge in [0.1, 0.15) is 0 Å². The van der Waals surface area contributed by atoms with Gasteiger partial charge in [-0.1, -0.05) is 15.9 Å². The second kappa shape index (κ2) is 6.75. The quantitative estimate of drug-likeness (QED) is 0.836. The normalized spacial score (nSPS) is 10.2. The lowest BCUT2D eigenvalue weighted by molar-refractivity contribution is -0.116. The minimum Gasteiger partial charge on any atom is -0.316 e. The van der Waals surface area contributed by atoms with Crippen LogP contribution in [0.1, 0.15) is 17.3 Å². The Labute approximate surface area is 138 Å². The molecule has 0 bridgehead atoms. The molecule has 0 fully saturated rings. The minimum absolute atomic E-state index is 0.0351. The maximum atomic E-state index is 12.4. The fraction of sp³-hybridized carbons (Fsp3) is 0.176. The molecule has 5 heteroatoms. The number of carbonyl (C=O) groups excluding carboxylic acids is 2. The van der Waals surface area contributed by atoms with E-state index in [1.165, 1.54) is 6.92 Å². The molecule has 2 amide bonds. The van der Waals surface area contributed by atoms with Crippen LogP contribution in [0.25, 0.3) is 0 Å². The summed E-state index contributed by atoms with van der Waals surface area (Å²) >= 11 is 3.35. The highest BCUT2D eigenvalue weighted by Gasteiger charge is 2.14. The van der Waals surface area contributed by atoms with Gasteiger partial charge in [-0.25, -0.2) is 0 Å². The van der Waals surface area contributed by atoms with E-state index < -0.39 is 0 Å². The van der Waals surface area contributed by atoms with Crippen molar-refractivity contribution in [2.75, 3.05) is 23.9 Å². The summed E-state index contributed by atoms with van der Waals surface area (Å²) in [6, 6.07) is 14.5. The van der Waals surface area contributed by atoms with E-state index in [1.807, 2.05) is 36.4 Å². The van der Waals surface area contributed by atoms with E-state index in [0.29, 0.717) is 5.56 Å². The van der Waals surface area contributed by atoms with Gasteiger partial charge in [0.15, 0.2) is 0 Å². The van der Waals surface area contributed by atoms with Gasteiger partial charge in [-0.15, -0.1) is 0 Å². The molecule has 2 aromatic rings. The minimum atomic E-state index is -0.0832. The molecule has 0 spiro atoms. The first-order valence-electron chi connectivity index (χ1n) is 6.78. The molecule has 0 unspecified atom stereocenters. The van der Waals surface area contributed by atoms with Gasteiger partial charge < -0.3 is 9.80 Å². The highest BCUT2D eigenvalue weighted by molar-refractivity contribution is 9.10. The fourth-order valence-electron chi connectivity index (χ4n) is 1.99. The van der Waals surface area contributed by atoms with E-state index in [1.54, 1.807) is 36.0 Å². The van der Waals surface area contributed by atoms with Crippen molar-refractivity contribution >= 4 is 39.1 Å². The summed E-state index contributed by atoms with van der Waals surface area (Å²) in [7, 11) is 3.45. The van der Waals surface area contributed by atoms with Gasteiger partial charge >= 0.3 is 0 Å². The number of carbonyl (C=O) groups is 2. The van der Waals surface area contributed by atoms with Crippen molar-refractivity contribution in [3.8, 4) is 0 Å². The Balaban J connectivity index is 2.18. The first-order valence-corrected chi connectivity index (χ1v) is 7.57. The highest BCUT2D eigenvalue weighted by Crippen LogP contribution is 2.21. The van der Waals surface area contributed by atoms with Crippen LogP contribution in [-0.2, 0) is 4.79 Å². The van der Waals surface area contributed by atoms with Crippen LogP contribution >= 0.6 is 15.9 Å². The van der Waals surface area contributed by atoms with Gasteiger partial charge in [0, 0.05) is 42.4 Å². The van der Waals surface area contributed by atoms with E-state index in [2.05, 4.69) is 15.9 Å². The smallest absolute Gasteiger partial charge is 0.258 e. The van der Waals surface area contributed by atoms with Crippen molar-refractivity contribution in [3.05, 3.63) is 58.6 Å². The lowest BCUT2D eigenvalue weighted by atomic mass is 10.2. The molecule has 0 aliphatic carbocycles. The summed E-state index contributed by atoms with van der Waals surface area (Å²) in [6.45, 7) is 1.51. The maximum absolute atomic E-state index is 12.4. The van der Waals surface area contributed by atoms with Crippen molar-refractivity contribution in [1.82, 2.24) is 0 Å². The van der Waals surface area contributed by atoms with Crippen molar-refractivity contribution < 1.29 is 9.59 Å². The fourth-order valence-corrected chi connectivity index (χ4v) is 2.25. The molecule has 0 aromatic heterocycles. The molecular weight excluding hydrogens is 344 g/mol. The summed E-state index contributed by atoms with van der Waals surface area (Å²) in [6.07, 6.45) is 0. The Kier molecular flexibility index (Phi) is 4.98. The largest absolute Gasteiger partial charge is 0.316 e. The Morgan fingerprint density at radius 3 is 1.73 bits per heavy atom. The van der Waals surface area contributed by atoms with Gasteiger partial charge in [0.25, 0.3) is 5.91 Å². The SMILES string of the molecule is CC(=O)N(C)c1ccc(N(C)C(=O)c2ccc(Br)cc2)cc1. The summed E-state index contributed by atoms with van der Waals surface area (Å²) in [5, 5.41) is 0. The summed E-state index contributed by atoms with van der Waals surface area (Å²) in [5.74, 6) is -0.118. The number of halogens is 1. The molecule has 2 aromatic carbocycles. The van der Waals surface area contributed by atoms with Gasteiger partial charge in [0.05, 0.1) is 0 Å². The van der Waals surface area contributed by atoms with Crippen LogP contribution in [0.4, 0.5) is 11.4 Å². The second-order valence-electron chi connectivity index (χ2n) is 4.97. The zero-order valence-electron chi connectivity index (χ0n) is 12.7. The van der Waals surface area contributed by atoms with Crippen LogP contribution in [-0.4, -0.2) is 25.9 Å². The molecule has 0 saturated carbocycles. The van der Waals surface area contributed by atoms with E-state index in [9.17, 15) is 9.59 Å². The third-order valence-corrected chi connectivity index (χ3v) is 4.02. The Morgan fingerprint density at radius 1 is 0.818 bits per heavy atom. The van der Waals surface area contributed by atoms with Crippen LogP contribution in [0.3, 0.4) is 0 Å². The number of hydrogen-bond donors (Lipinski definition) is 0. The van der Waals surface area contributed by atoms with E-state index in [4.69, 9.17) is 0 Å². The van der Waals surface area contributed by atoms with Crippen LogP contribution in [0.5, 0.6) is 0 Å². The predicted molar refractivity (Wildman–Crippen MR) is 92.4 cm³/mol. The molecule has 114 valence electrons. The van der Waals surface area contributed by atoms with Crippen LogP contribution < -0.4 is 9.80 Å². The van der Waals surface area contributed by atoms with E-state index in [-0.39, 0.29) is 11.8 Å². The zero-order chi connectivity index (χ0) is 16.3. The molecule has 2 rings (SSSR count). The number of anilines is 2. The summed E-state index contributed by atoms with van der Waals surface area (Å²) < 4.78 is 0.934. The summed E-state index contributed by atoms with van der Waals surface area (Å²) in [4.78, 5) is 26.9. The standard InChI is InChI=1S/C17H17BrN2O2/c1-12(21)19(2)15-8-10-16(11-9-15)20(3)17(22)13-4-6-14(18)7-5-13/h4-11H,1-3H3. The van der Waals surface area contributed by atoms with Crippen molar-refractivity contribution in [2.45, 2.75) is 6.92 Å². The van der Waals surface area contributed by atoms with Gasteiger partial charge in [0.2, 0.25) is 5.91 Å². The third kappa shape index (κ3) is 3.54. The molecule has 4 nitrogen and oxygen atoms in total. The first-order chi connectivity index (χ1) is 10.4. The average molecular weight is 361 g/mol. The predicted octanol–water partition coefficient (Wildman–Crippen LogP) is 3.71. The maximum Gasteiger partial charge on any atom is 0.258 e. The topological polar surface area (TPSA) is 40.6 Å². The Bertz CT molecular complexity index is 681. The molecule has 0 N–H and O–H groups in total. The molecule has 0 radical (unpaired) electrons. The van der Waals surface area contributed by atoms with Crippen molar-refractivity contribution in [3.63, 3.8) is 0 Å². The molecule has 22 heavy (non-hydrogen) atoms. The van der Waals surface area contributed by atoms with Crippen LogP contribution in [0.15, 0.2) is 53.0 Å². The molecule has 0 heterocycles. The van der Waals surface area contributed by atoms with E-state index in [0.717, 1.165) is 15.8 Å². The number of amides is 2. The van der Waals surface area contributed by atoms with Crippen molar-refractivity contribution in [2.24, 2.45) is 0 Å². The molecular formula is C17H17BrN2O2. The second-order valence-corrected chi connectivity index (χ2v) is 5.88. The monoisotopic (exact) mass is 360 g/mol. The van der Waals surface area contributed by atoms with E-state index >= 15 is 0 Å². The third-order valence-electron chi connectivity index (χ3n) is 3.49. The van der Waals surface area contributed by atoms with Gasteiger partial charge in [-0.05, 0) is 48.5 Å². The highest BCUT2D eigenvalue weighted by atomic mass is 79.9. The number of benzene rings is 2. The summed E-state index contributed by atoms with van der Waals surface area (Å²) in [5.41, 5.74) is 2.19. The lowest BCUT2D eigenvalue weighted by Crippen LogP contribution is -2.26. The average Bonchev–Trinajstić information content (AvgIpc) is 2.53. The number of rotatable bonds is 3. The van der Waals surface area contributed by atoms with Crippen molar-refractivity contribution in [1.29, 1.82) is 0 Å². The first kappa shape index (κ1) is 16.2. The van der Waals surface area contributed by atoms with Gasteiger partial charge in [-0.2, -0.15) is 0 Å². The molecule has 0 atom stereocenters. The molecule has 0 aliphatic rings. The molecule has 0 saturated heterocycles. The number of hydrogen-bond acceptors (Lipinski definition) is 2.